The number of aliphatic hydroxyl groups is 3. The highest BCUT2D eigenvalue weighted by Gasteiger charge is 1.67. The first-order valence-electron chi connectivity index (χ1n) is 4.89. The summed E-state index contributed by atoms with van der Waals surface area (Å²) in [6.45, 7) is 7.23. The third kappa shape index (κ3) is 454. The summed E-state index contributed by atoms with van der Waals surface area (Å²) in [7, 11) is 0. The minimum Gasteiger partial charge on any atom is -0.397 e. The average molecular weight is 285 g/mol. The lowest BCUT2D eigenvalue weighted by Gasteiger charge is -1.81. The summed E-state index contributed by atoms with van der Waals surface area (Å²) in [5.74, 6) is 0. The van der Waals surface area contributed by atoms with Crippen molar-refractivity contribution in [3.63, 3.8) is 0 Å². The summed E-state index contributed by atoms with van der Waals surface area (Å²) < 4.78 is 0. The third-order valence-corrected chi connectivity index (χ3v) is 0.408. The molecule has 0 atom stereocenters. The molecule has 0 saturated heterocycles. The van der Waals surface area contributed by atoms with Gasteiger partial charge in [0, 0.05) is 19.8 Å². The van der Waals surface area contributed by atoms with E-state index in [4.69, 9.17) is 26.8 Å². The van der Waals surface area contributed by atoms with Gasteiger partial charge in [-0.2, -0.15) is 0 Å². The van der Waals surface area contributed by atoms with E-state index in [-0.39, 0.29) is 44.6 Å². The Morgan fingerprint density at radius 1 is 0.688 bits per heavy atom. The van der Waals surface area contributed by atoms with Crippen LogP contribution in [0.5, 0.6) is 0 Å². The van der Waals surface area contributed by atoms with Gasteiger partial charge in [0.25, 0.3) is 0 Å². The Morgan fingerprint density at radius 2 is 0.812 bits per heavy atom. The van der Waals surface area contributed by atoms with Crippen LogP contribution in [-0.4, -0.2) is 48.2 Å². The molecule has 108 valence electrons. The molecule has 0 aromatic carbocycles. The maximum absolute atomic E-state index is 7.57. The molecule has 7 N–H and O–H groups in total. The molecule has 0 unspecified atom stereocenters. The van der Waals surface area contributed by atoms with Crippen LogP contribution in [0.3, 0.4) is 0 Å². The van der Waals surface area contributed by atoms with Crippen LogP contribution in [0.2, 0.25) is 0 Å². The number of nitrogens with two attached hydrogens (primary N) is 2. The molecular weight excluding hydrogens is 255 g/mol. The molecule has 0 heterocycles. The molecule has 0 aliphatic heterocycles. The van der Waals surface area contributed by atoms with E-state index in [1.165, 1.54) is 0 Å². The van der Waals surface area contributed by atoms with Gasteiger partial charge in [0.15, 0.2) is 0 Å². The Bertz CT molecular complexity index is 51.0. The van der Waals surface area contributed by atoms with Crippen molar-refractivity contribution in [3.05, 3.63) is 0 Å². The van der Waals surface area contributed by atoms with E-state index in [1.54, 1.807) is 20.8 Å². The summed E-state index contributed by atoms with van der Waals surface area (Å²) in [5.41, 5.74) is 10.1. The van der Waals surface area contributed by atoms with Crippen molar-refractivity contribution in [1.29, 1.82) is 0 Å². The zero-order chi connectivity index (χ0) is 12.2. The molecule has 16 heavy (non-hydrogen) atoms. The fraction of sp³-hybridized carbons (Fsp3) is 1.00. The van der Waals surface area contributed by atoms with Gasteiger partial charge in [-0.1, -0.05) is 0 Å². The van der Waals surface area contributed by atoms with Crippen molar-refractivity contribution in [3.8, 4) is 0 Å². The van der Waals surface area contributed by atoms with Gasteiger partial charge < -0.3 is 26.8 Å². The number of hydrogen-bond donors (Lipinski definition) is 5. The van der Waals surface area contributed by atoms with E-state index in [0.29, 0.717) is 0 Å². The first kappa shape index (κ1) is 36.0. The molecule has 0 bridgehead atoms. The smallest absolute Gasteiger partial charge is 0.0402 e. The zero-order valence-electron chi connectivity index (χ0n) is 10.6. The maximum atomic E-state index is 7.57. The van der Waals surface area contributed by atoms with Crippen LogP contribution in [0.1, 0.15) is 27.2 Å². The highest BCUT2D eigenvalue weighted by molar-refractivity contribution is 5.85. The van der Waals surface area contributed by atoms with Gasteiger partial charge in [-0.15, -0.1) is 24.8 Å². The van der Waals surface area contributed by atoms with Gasteiger partial charge in [-0.3, -0.25) is 0 Å². The van der Waals surface area contributed by atoms with E-state index in [2.05, 4.69) is 0 Å². The van der Waals surface area contributed by atoms with E-state index in [1.807, 2.05) is 0 Å². The van der Waals surface area contributed by atoms with Crippen LogP contribution in [-0.2, 0) is 0 Å². The van der Waals surface area contributed by atoms with E-state index >= 15 is 0 Å². The van der Waals surface area contributed by atoms with Crippen LogP contribution in [0.4, 0.5) is 0 Å². The quantitative estimate of drug-likeness (QED) is 0.495. The van der Waals surface area contributed by atoms with Crippen molar-refractivity contribution in [2.45, 2.75) is 27.2 Å². The topological polar surface area (TPSA) is 113 Å². The highest BCUT2D eigenvalue weighted by Crippen LogP contribution is 1.58. The van der Waals surface area contributed by atoms with E-state index < -0.39 is 0 Å². The monoisotopic (exact) mass is 284 g/mol. The Hall–Kier alpha value is 0.380. The predicted molar refractivity (Wildman–Crippen MR) is 75.5 cm³/mol. The maximum Gasteiger partial charge on any atom is 0.0402 e. The third-order valence-electron chi connectivity index (χ3n) is 0.408. The van der Waals surface area contributed by atoms with Crippen LogP contribution >= 0.6 is 24.8 Å². The van der Waals surface area contributed by atoms with Gasteiger partial charge in [0.2, 0.25) is 0 Å². The molecule has 0 spiro atoms. The van der Waals surface area contributed by atoms with Crippen molar-refractivity contribution in [1.82, 2.24) is 0 Å². The normalized spacial score (nSPS) is 6.00. The van der Waals surface area contributed by atoms with Crippen LogP contribution in [0.25, 0.3) is 0 Å². The summed E-state index contributed by atoms with van der Waals surface area (Å²) in [4.78, 5) is 0. The van der Waals surface area contributed by atoms with E-state index in [9.17, 15) is 0 Å². The Kier molecular flexibility index (Phi) is 176. The highest BCUT2D eigenvalue weighted by atomic mass is 35.5. The summed E-state index contributed by atoms with van der Waals surface area (Å²) >= 11 is 0. The van der Waals surface area contributed by atoms with Gasteiger partial charge in [-0.05, 0) is 40.3 Å². The molecule has 0 aromatic heterocycles. The second kappa shape index (κ2) is 78.1. The molecule has 0 aliphatic rings. The lowest BCUT2D eigenvalue weighted by molar-refractivity contribution is 0.318. The second-order valence-electron chi connectivity index (χ2n) is 1.88. The molecule has 0 aliphatic carbocycles. The van der Waals surface area contributed by atoms with Crippen molar-refractivity contribution in [2.24, 2.45) is 11.5 Å². The number of aliphatic hydroxyl groups excluding tert-OH is 3. The average Bonchev–Trinajstić information content (AvgIpc) is 2.09. The fourth-order valence-corrected chi connectivity index (χ4v) is 0.118. The Balaban J connectivity index is -0.0000000206. The van der Waals surface area contributed by atoms with E-state index in [0.717, 1.165) is 19.5 Å². The largest absolute Gasteiger partial charge is 0.397 e. The van der Waals surface area contributed by atoms with Gasteiger partial charge >= 0.3 is 0 Å². The molecular formula is C9H30Cl2N2O3. The first-order chi connectivity index (χ1) is 6.66. The minimum absolute atomic E-state index is 0. The lowest BCUT2D eigenvalue weighted by atomic mass is 10.4. The molecule has 0 rings (SSSR count). The van der Waals surface area contributed by atoms with Gasteiger partial charge in [0.1, 0.15) is 0 Å². The van der Waals surface area contributed by atoms with Gasteiger partial charge in [-0.25, -0.2) is 0 Å². The first-order valence-corrected chi connectivity index (χ1v) is 4.89. The summed E-state index contributed by atoms with van der Waals surface area (Å²) in [5, 5.41) is 22.7. The summed E-state index contributed by atoms with van der Waals surface area (Å²) in [6, 6.07) is 0. The fourth-order valence-electron chi connectivity index (χ4n) is 0.118. The Labute approximate surface area is 112 Å². The molecule has 0 aromatic rings. The molecule has 0 saturated carbocycles. The minimum atomic E-state index is 0. The number of rotatable bonds is 2. The SMILES string of the molecule is CCO.CCO.CCO.Cl.Cl.NCCCN. The standard InChI is InChI=1S/C3H10N2.3C2H6O.2ClH/c4-2-1-3-5;3*1-2-3;;/h1-5H2;3*3H,2H2,1H3;2*1H. The van der Waals surface area contributed by atoms with Crippen LogP contribution in [0.15, 0.2) is 0 Å². The second-order valence-corrected chi connectivity index (χ2v) is 1.88. The van der Waals surface area contributed by atoms with Crippen molar-refractivity contribution >= 4 is 24.8 Å². The number of halogens is 2. The molecule has 0 radical (unpaired) electrons. The predicted octanol–water partition coefficient (Wildman–Crippen LogP) is 0.133. The van der Waals surface area contributed by atoms with Gasteiger partial charge in [0.05, 0.1) is 0 Å². The summed E-state index contributed by atoms with van der Waals surface area (Å²) in [6.07, 6.45) is 0.944. The molecule has 5 nitrogen and oxygen atoms in total. The number of hydrogen-bond acceptors (Lipinski definition) is 5. The Morgan fingerprint density at radius 3 is 0.812 bits per heavy atom. The zero-order valence-corrected chi connectivity index (χ0v) is 12.2. The van der Waals surface area contributed by atoms with Crippen LogP contribution in [0, 0.1) is 0 Å². The van der Waals surface area contributed by atoms with Crippen molar-refractivity contribution < 1.29 is 15.3 Å². The molecule has 7 heteroatoms. The molecule has 0 amide bonds. The van der Waals surface area contributed by atoms with Crippen LogP contribution < -0.4 is 11.5 Å². The van der Waals surface area contributed by atoms with Crippen molar-refractivity contribution in [2.75, 3.05) is 32.9 Å². The molecule has 0 fully saturated rings. The lowest BCUT2D eigenvalue weighted by Crippen LogP contribution is -2.06.